The summed E-state index contributed by atoms with van der Waals surface area (Å²) in [5.74, 6) is 0.579. The molecule has 2 rings (SSSR count). The lowest BCUT2D eigenvalue weighted by Crippen LogP contribution is -2.16. The van der Waals surface area contributed by atoms with E-state index in [0.29, 0.717) is 17.9 Å². The standard InChI is InChI=1S/C16H23NO3/c18-15(11-13-7-3-1-2-4-8-13)12-14-9-5-6-10-16(14)17(19)20/h5-6,9-10,13,15,18H,1-4,7-8,11-12H2. The van der Waals surface area contributed by atoms with E-state index in [1.807, 2.05) is 0 Å². The Labute approximate surface area is 120 Å². The van der Waals surface area contributed by atoms with E-state index in [4.69, 9.17) is 0 Å². The molecular formula is C16H23NO3. The number of hydrogen-bond donors (Lipinski definition) is 1. The molecule has 0 aromatic heterocycles. The average molecular weight is 277 g/mol. The lowest BCUT2D eigenvalue weighted by Gasteiger charge is -2.18. The maximum atomic E-state index is 11.0. The Morgan fingerprint density at radius 3 is 2.50 bits per heavy atom. The highest BCUT2D eigenvalue weighted by Gasteiger charge is 2.20. The molecule has 1 N–H and O–H groups in total. The quantitative estimate of drug-likeness (QED) is 0.505. The molecular weight excluding hydrogens is 254 g/mol. The number of aliphatic hydroxyl groups excluding tert-OH is 1. The van der Waals surface area contributed by atoms with E-state index in [1.54, 1.807) is 18.2 Å². The van der Waals surface area contributed by atoms with Crippen LogP contribution in [0.4, 0.5) is 5.69 Å². The van der Waals surface area contributed by atoms with Gasteiger partial charge in [-0.2, -0.15) is 0 Å². The third-order valence-corrected chi connectivity index (χ3v) is 4.22. The van der Waals surface area contributed by atoms with Gasteiger partial charge >= 0.3 is 0 Å². The molecule has 1 fully saturated rings. The van der Waals surface area contributed by atoms with Gasteiger partial charge in [-0.1, -0.05) is 56.7 Å². The summed E-state index contributed by atoms with van der Waals surface area (Å²) in [6, 6.07) is 6.71. The largest absolute Gasteiger partial charge is 0.393 e. The molecule has 4 nitrogen and oxygen atoms in total. The first kappa shape index (κ1) is 15.0. The van der Waals surface area contributed by atoms with Crippen LogP contribution >= 0.6 is 0 Å². The van der Waals surface area contributed by atoms with E-state index in [0.717, 1.165) is 6.42 Å². The molecule has 1 aliphatic rings. The molecule has 0 aliphatic heterocycles. The molecule has 0 bridgehead atoms. The van der Waals surface area contributed by atoms with Crippen LogP contribution in [0, 0.1) is 16.0 Å². The number of hydrogen-bond acceptors (Lipinski definition) is 3. The zero-order chi connectivity index (χ0) is 14.4. The fourth-order valence-electron chi connectivity index (χ4n) is 3.18. The first-order valence-electron chi connectivity index (χ1n) is 7.57. The van der Waals surface area contributed by atoms with Gasteiger partial charge in [0.15, 0.2) is 0 Å². The molecule has 110 valence electrons. The van der Waals surface area contributed by atoms with Crippen molar-refractivity contribution in [1.82, 2.24) is 0 Å². The molecule has 1 aromatic rings. The molecule has 0 heterocycles. The Kier molecular flexibility index (Phi) is 5.53. The highest BCUT2D eigenvalue weighted by atomic mass is 16.6. The normalized spacial score (nSPS) is 18.4. The summed E-state index contributed by atoms with van der Waals surface area (Å²) in [5, 5.41) is 21.2. The molecule has 0 spiro atoms. The predicted octanol–water partition coefficient (Wildman–Crippen LogP) is 3.86. The van der Waals surface area contributed by atoms with Crippen LogP contribution in [0.15, 0.2) is 24.3 Å². The van der Waals surface area contributed by atoms with E-state index >= 15 is 0 Å². The molecule has 1 aromatic carbocycles. The minimum absolute atomic E-state index is 0.118. The first-order valence-corrected chi connectivity index (χ1v) is 7.57. The zero-order valence-electron chi connectivity index (χ0n) is 11.8. The summed E-state index contributed by atoms with van der Waals surface area (Å²) in [6.45, 7) is 0. The second-order valence-corrected chi connectivity index (χ2v) is 5.84. The van der Waals surface area contributed by atoms with Crippen LogP contribution in [0.3, 0.4) is 0 Å². The Morgan fingerprint density at radius 2 is 1.85 bits per heavy atom. The third-order valence-electron chi connectivity index (χ3n) is 4.22. The topological polar surface area (TPSA) is 63.4 Å². The molecule has 20 heavy (non-hydrogen) atoms. The number of nitrogens with zero attached hydrogens (tertiary/aromatic N) is 1. The lowest BCUT2D eigenvalue weighted by molar-refractivity contribution is -0.385. The zero-order valence-corrected chi connectivity index (χ0v) is 11.8. The monoisotopic (exact) mass is 277 g/mol. The smallest absolute Gasteiger partial charge is 0.272 e. The van der Waals surface area contributed by atoms with E-state index in [9.17, 15) is 15.2 Å². The maximum Gasteiger partial charge on any atom is 0.272 e. The second-order valence-electron chi connectivity index (χ2n) is 5.84. The van der Waals surface area contributed by atoms with Gasteiger partial charge in [0.05, 0.1) is 11.0 Å². The van der Waals surface area contributed by atoms with Crippen molar-refractivity contribution in [2.24, 2.45) is 5.92 Å². The summed E-state index contributed by atoms with van der Waals surface area (Å²) in [5.41, 5.74) is 0.756. The fraction of sp³-hybridized carbons (Fsp3) is 0.625. The van der Waals surface area contributed by atoms with Crippen LogP contribution in [0.2, 0.25) is 0 Å². The van der Waals surface area contributed by atoms with Crippen LogP contribution < -0.4 is 0 Å². The van der Waals surface area contributed by atoms with Crippen molar-refractivity contribution in [2.75, 3.05) is 0 Å². The molecule has 1 saturated carbocycles. The molecule has 0 amide bonds. The molecule has 1 aliphatic carbocycles. The van der Waals surface area contributed by atoms with Gasteiger partial charge in [-0.15, -0.1) is 0 Å². The first-order chi connectivity index (χ1) is 9.66. The Bertz CT molecular complexity index is 439. The number of rotatable bonds is 5. The molecule has 1 unspecified atom stereocenters. The highest BCUT2D eigenvalue weighted by molar-refractivity contribution is 5.40. The maximum absolute atomic E-state index is 11.0. The minimum Gasteiger partial charge on any atom is -0.393 e. The van der Waals surface area contributed by atoms with Crippen LogP contribution in [0.5, 0.6) is 0 Å². The van der Waals surface area contributed by atoms with Gasteiger partial charge in [0, 0.05) is 18.1 Å². The van der Waals surface area contributed by atoms with Gasteiger partial charge in [0.1, 0.15) is 0 Å². The van der Waals surface area contributed by atoms with Gasteiger partial charge in [-0.3, -0.25) is 10.1 Å². The summed E-state index contributed by atoms with van der Waals surface area (Å²) in [7, 11) is 0. The number of aliphatic hydroxyl groups is 1. The van der Waals surface area contributed by atoms with Crippen molar-refractivity contribution in [2.45, 2.75) is 57.5 Å². The SMILES string of the molecule is O=[N+]([O-])c1ccccc1CC(O)CC1CCCCCC1. The van der Waals surface area contributed by atoms with Crippen LogP contribution in [0.25, 0.3) is 0 Å². The van der Waals surface area contributed by atoms with Crippen molar-refractivity contribution in [3.05, 3.63) is 39.9 Å². The Balaban J connectivity index is 1.93. The lowest BCUT2D eigenvalue weighted by atomic mass is 9.91. The van der Waals surface area contributed by atoms with Crippen LogP contribution in [-0.4, -0.2) is 16.1 Å². The number of benzene rings is 1. The van der Waals surface area contributed by atoms with Gasteiger partial charge in [0.2, 0.25) is 0 Å². The van der Waals surface area contributed by atoms with Crippen molar-refractivity contribution in [3.63, 3.8) is 0 Å². The summed E-state index contributed by atoms with van der Waals surface area (Å²) in [4.78, 5) is 10.6. The minimum atomic E-state index is -0.473. The van der Waals surface area contributed by atoms with Crippen molar-refractivity contribution < 1.29 is 10.0 Å². The van der Waals surface area contributed by atoms with E-state index in [2.05, 4.69) is 0 Å². The Hall–Kier alpha value is -1.42. The van der Waals surface area contributed by atoms with Crippen molar-refractivity contribution >= 4 is 5.69 Å². The van der Waals surface area contributed by atoms with Gasteiger partial charge in [-0.25, -0.2) is 0 Å². The average Bonchev–Trinajstić information content (AvgIpc) is 2.67. The highest BCUT2D eigenvalue weighted by Crippen LogP contribution is 2.28. The number of nitro groups is 1. The van der Waals surface area contributed by atoms with E-state index in [-0.39, 0.29) is 10.6 Å². The molecule has 1 atom stereocenters. The van der Waals surface area contributed by atoms with Crippen LogP contribution in [0.1, 0.15) is 50.5 Å². The van der Waals surface area contributed by atoms with Gasteiger partial charge in [-0.05, 0) is 12.3 Å². The number of para-hydroxylation sites is 1. The summed E-state index contributed by atoms with van der Waals surface area (Å²) < 4.78 is 0. The van der Waals surface area contributed by atoms with Crippen LogP contribution in [-0.2, 0) is 6.42 Å². The summed E-state index contributed by atoms with van der Waals surface area (Å²) in [6.07, 6.45) is 8.17. The van der Waals surface area contributed by atoms with Crippen molar-refractivity contribution in [3.8, 4) is 0 Å². The van der Waals surface area contributed by atoms with E-state index < -0.39 is 6.10 Å². The second kappa shape index (κ2) is 7.39. The van der Waals surface area contributed by atoms with Gasteiger partial charge in [0.25, 0.3) is 5.69 Å². The predicted molar refractivity (Wildman–Crippen MR) is 78.6 cm³/mol. The van der Waals surface area contributed by atoms with E-state index in [1.165, 1.54) is 44.6 Å². The number of nitro benzene ring substituents is 1. The molecule has 0 saturated heterocycles. The third kappa shape index (κ3) is 4.30. The fourth-order valence-corrected chi connectivity index (χ4v) is 3.18. The van der Waals surface area contributed by atoms with Crippen molar-refractivity contribution in [1.29, 1.82) is 0 Å². The summed E-state index contributed by atoms with van der Waals surface area (Å²) >= 11 is 0. The molecule has 4 heteroatoms. The molecule has 0 radical (unpaired) electrons. The Morgan fingerprint density at radius 1 is 1.20 bits per heavy atom. The van der Waals surface area contributed by atoms with Gasteiger partial charge < -0.3 is 5.11 Å².